The minimum Gasteiger partial charge on any atom is -0.465 e. The van der Waals surface area contributed by atoms with E-state index in [1.807, 2.05) is 0 Å². The second-order valence-corrected chi connectivity index (χ2v) is 4.36. The summed E-state index contributed by atoms with van der Waals surface area (Å²) in [5, 5.41) is 0.103. The topological polar surface area (TPSA) is 69.7 Å². The van der Waals surface area contributed by atoms with Crippen LogP contribution in [-0.4, -0.2) is 30.9 Å². The molecule has 0 bridgehead atoms. The lowest BCUT2D eigenvalue weighted by Crippen LogP contribution is -2.35. The number of carbonyl (C=O) groups excluding carboxylic acids is 3. The number of hydrogen-bond acceptors (Lipinski definition) is 5. The summed E-state index contributed by atoms with van der Waals surface area (Å²) >= 11 is 5.70. The molecule has 1 aromatic carbocycles. The fourth-order valence-corrected chi connectivity index (χ4v) is 1.78. The highest BCUT2D eigenvalue weighted by Gasteiger charge is 2.38. The van der Waals surface area contributed by atoms with Crippen LogP contribution in [0.3, 0.4) is 0 Å². The van der Waals surface area contributed by atoms with Gasteiger partial charge >= 0.3 is 11.9 Å². The summed E-state index contributed by atoms with van der Waals surface area (Å²) in [5.41, 5.74) is -0.464. The standard InChI is InChI=1S/C14H14ClFO5/c1-3-20-13(18)11(14(19)21-4-2)12(17)9-7-8(15)5-6-10(9)16/h5-7,11H,3-4H2,1-2H3. The van der Waals surface area contributed by atoms with Gasteiger partial charge in [-0.25, -0.2) is 4.39 Å². The molecule has 5 nitrogen and oxygen atoms in total. The second kappa shape index (κ2) is 7.73. The lowest BCUT2D eigenvalue weighted by molar-refractivity contribution is -0.158. The number of benzene rings is 1. The summed E-state index contributed by atoms with van der Waals surface area (Å²) in [6, 6.07) is 3.27. The molecule has 0 aliphatic heterocycles. The zero-order valence-electron chi connectivity index (χ0n) is 11.5. The fourth-order valence-electron chi connectivity index (χ4n) is 1.60. The lowest BCUT2D eigenvalue weighted by Gasteiger charge is -2.14. The third-order valence-electron chi connectivity index (χ3n) is 2.50. The predicted molar refractivity (Wildman–Crippen MR) is 72.5 cm³/mol. The molecule has 7 heteroatoms. The van der Waals surface area contributed by atoms with Crippen LogP contribution in [0, 0.1) is 11.7 Å². The first kappa shape index (κ1) is 17.1. The SMILES string of the molecule is CCOC(=O)C(C(=O)OCC)C(=O)c1cc(Cl)ccc1F. The highest BCUT2D eigenvalue weighted by atomic mass is 35.5. The Labute approximate surface area is 126 Å². The first-order valence-electron chi connectivity index (χ1n) is 6.24. The van der Waals surface area contributed by atoms with E-state index in [1.165, 1.54) is 19.9 Å². The van der Waals surface area contributed by atoms with Gasteiger partial charge in [-0.05, 0) is 32.0 Å². The van der Waals surface area contributed by atoms with Crippen molar-refractivity contribution in [2.45, 2.75) is 13.8 Å². The summed E-state index contributed by atoms with van der Waals surface area (Å²) < 4.78 is 23.0. The van der Waals surface area contributed by atoms with Crippen molar-refractivity contribution in [3.05, 3.63) is 34.6 Å². The summed E-state index contributed by atoms with van der Waals surface area (Å²) in [5.74, 6) is -5.96. The molecule has 0 aromatic heterocycles. The highest BCUT2D eigenvalue weighted by molar-refractivity contribution is 6.31. The van der Waals surface area contributed by atoms with Gasteiger partial charge in [0.25, 0.3) is 0 Å². The number of halogens is 2. The van der Waals surface area contributed by atoms with Crippen LogP contribution in [0.25, 0.3) is 0 Å². The third-order valence-corrected chi connectivity index (χ3v) is 2.74. The van der Waals surface area contributed by atoms with E-state index in [4.69, 9.17) is 11.6 Å². The average molecular weight is 317 g/mol. The molecule has 0 amide bonds. The lowest BCUT2D eigenvalue weighted by atomic mass is 9.97. The van der Waals surface area contributed by atoms with Gasteiger partial charge in [0.1, 0.15) is 5.82 Å². The summed E-state index contributed by atoms with van der Waals surface area (Å²) in [6.07, 6.45) is 0. The van der Waals surface area contributed by atoms with Crippen molar-refractivity contribution in [2.75, 3.05) is 13.2 Å². The maximum absolute atomic E-state index is 13.7. The van der Waals surface area contributed by atoms with Crippen LogP contribution in [0.15, 0.2) is 18.2 Å². The van der Waals surface area contributed by atoms with Gasteiger partial charge in [-0.15, -0.1) is 0 Å². The van der Waals surface area contributed by atoms with Crippen LogP contribution in [0.1, 0.15) is 24.2 Å². The minimum absolute atomic E-state index is 0.0277. The Balaban J connectivity index is 3.18. The van der Waals surface area contributed by atoms with Crippen molar-refractivity contribution in [1.82, 2.24) is 0 Å². The zero-order valence-corrected chi connectivity index (χ0v) is 12.3. The maximum Gasteiger partial charge on any atom is 0.328 e. The highest BCUT2D eigenvalue weighted by Crippen LogP contribution is 2.20. The van der Waals surface area contributed by atoms with Gasteiger partial charge in [0, 0.05) is 5.02 Å². The van der Waals surface area contributed by atoms with Gasteiger partial charge in [0.2, 0.25) is 5.92 Å². The molecule has 0 aliphatic rings. The molecular formula is C14H14ClFO5. The molecule has 0 unspecified atom stereocenters. The van der Waals surface area contributed by atoms with Gasteiger partial charge in [0.05, 0.1) is 18.8 Å². The van der Waals surface area contributed by atoms with Crippen molar-refractivity contribution < 1.29 is 28.2 Å². The van der Waals surface area contributed by atoms with E-state index in [2.05, 4.69) is 9.47 Å². The molecule has 0 atom stereocenters. The Morgan fingerprint density at radius 3 is 2.14 bits per heavy atom. The zero-order chi connectivity index (χ0) is 16.0. The van der Waals surface area contributed by atoms with Gasteiger partial charge in [0.15, 0.2) is 5.78 Å². The Hall–Kier alpha value is -1.95. The molecule has 0 fully saturated rings. The average Bonchev–Trinajstić information content (AvgIpc) is 2.42. The number of carbonyl (C=O) groups is 3. The van der Waals surface area contributed by atoms with Crippen molar-refractivity contribution in [3.8, 4) is 0 Å². The van der Waals surface area contributed by atoms with Crippen LogP contribution >= 0.6 is 11.6 Å². The summed E-state index contributed by atoms with van der Waals surface area (Å²) in [4.78, 5) is 35.8. The van der Waals surface area contributed by atoms with Gasteiger partial charge in [-0.3, -0.25) is 14.4 Å². The molecule has 1 rings (SSSR count). The van der Waals surface area contributed by atoms with Crippen LogP contribution < -0.4 is 0 Å². The third kappa shape index (κ3) is 4.26. The Morgan fingerprint density at radius 1 is 1.14 bits per heavy atom. The molecule has 0 spiro atoms. The molecular weight excluding hydrogens is 303 g/mol. The van der Waals surface area contributed by atoms with Crippen LogP contribution in [0.4, 0.5) is 4.39 Å². The fraction of sp³-hybridized carbons (Fsp3) is 0.357. The van der Waals surface area contributed by atoms with E-state index >= 15 is 0 Å². The monoisotopic (exact) mass is 316 g/mol. The van der Waals surface area contributed by atoms with E-state index in [-0.39, 0.29) is 18.2 Å². The van der Waals surface area contributed by atoms with Crippen molar-refractivity contribution in [2.24, 2.45) is 5.92 Å². The van der Waals surface area contributed by atoms with Crippen LogP contribution in [0.2, 0.25) is 5.02 Å². The van der Waals surface area contributed by atoms with Crippen molar-refractivity contribution in [1.29, 1.82) is 0 Å². The van der Waals surface area contributed by atoms with Crippen LogP contribution in [-0.2, 0) is 19.1 Å². The van der Waals surface area contributed by atoms with Gasteiger partial charge in [-0.1, -0.05) is 11.6 Å². The molecule has 0 saturated heterocycles. The number of rotatable bonds is 6. The molecule has 0 N–H and O–H groups in total. The molecule has 0 heterocycles. The van der Waals surface area contributed by atoms with Gasteiger partial charge < -0.3 is 9.47 Å². The number of Topliss-reactive ketones (excluding diaryl/α,β-unsaturated/α-hetero) is 1. The number of ether oxygens (including phenoxy) is 2. The quantitative estimate of drug-likeness (QED) is 0.458. The molecule has 0 radical (unpaired) electrons. The molecule has 1 aromatic rings. The molecule has 21 heavy (non-hydrogen) atoms. The van der Waals surface area contributed by atoms with Gasteiger partial charge in [-0.2, -0.15) is 0 Å². The number of esters is 2. The first-order valence-corrected chi connectivity index (χ1v) is 6.62. The molecule has 0 aliphatic carbocycles. The minimum atomic E-state index is -1.86. The summed E-state index contributed by atoms with van der Waals surface area (Å²) in [7, 11) is 0. The van der Waals surface area contributed by atoms with E-state index in [1.54, 1.807) is 0 Å². The van der Waals surface area contributed by atoms with E-state index in [9.17, 15) is 18.8 Å². The number of hydrogen-bond donors (Lipinski definition) is 0. The van der Waals surface area contributed by atoms with Crippen molar-refractivity contribution in [3.63, 3.8) is 0 Å². The van der Waals surface area contributed by atoms with E-state index < -0.39 is 35.0 Å². The largest absolute Gasteiger partial charge is 0.465 e. The first-order chi connectivity index (χ1) is 9.92. The molecule has 114 valence electrons. The Bertz CT molecular complexity index is 540. The number of ketones is 1. The normalized spacial score (nSPS) is 10.3. The smallest absolute Gasteiger partial charge is 0.328 e. The maximum atomic E-state index is 13.7. The van der Waals surface area contributed by atoms with E-state index in [0.29, 0.717) is 0 Å². The summed E-state index contributed by atoms with van der Waals surface area (Å²) in [6.45, 7) is 2.98. The van der Waals surface area contributed by atoms with Crippen molar-refractivity contribution >= 4 is 29.3 Å². The Morgan fingerprint density at radius 2 is 1.67 bits per heavy atom. The Kier molecular flexibility index (Phi) is 6.30. The van der Waals surface area contributed by atoms with Crippen LogP contribution in [0.5, 0.6) is 0 Å². The molecule has 0 saturated carbocycles. The second-order valence-electron chi connectivity index (χ2n) is 3.93. The van der Waals surface area contributed by atoms with E-state index in [0.717, 1.165) is 12.1 Å². The predicted octanol–water partition coefficient (Wildman–Crippen LogP) is 2.40.